The second-order valence-corrected chi connectivity index (χ2v) is 10.1. The molecule has 0 bridgehead atoms. The molecule has 4 aliphatic carbocycles. The maximum Gasteiger partial charge on any atom is 0.352 e. The van der Waals surface area contributed by atoms with Crippen molar-refractivity contribution in [3.05, 3.63) is 23.8 Å². The van der Waals surface area contributed by atoms with Crippen molar-refractivity contribution in [1.82, 2.24) is 0 Å². The van der Waals surface area contributed by atoms with Crippen LogP contribution in [0.1, 0.15) is 52.9 Å². The fraction of sp³-hybridized carbons (Fsp3) is 0.708. The molecule has 3 fully saturated rings. The first kappa shape index (κ1) is 23.4. The van der Waals surface area contributed by atoms with Crippen LogP contribution < -0.4 is 0 Å². The molecule has 0 saturated heterocycles. The highest BCUT2D eigenvalue weighted by Crippen LogP contribution is 2.67. The monoisotopic (exact) mass is 468 g/mol. The average Bonchev–Trinajstić information content (AvgIpc) is 3.02. The van der Waals surface area contributed by atoms with Gasteiger partial charge in [0.15, 0.2) is 17.5 Å². The number of hydrogen-bond acceptors (Lipinski definition) is 6. The lowest BCUT2D eigenvalue weighted by Gasteiger charge is -2.59. The maximum atomic E-state index is 17.1. The van der Waals surface area contributed by atoms with Crippen molar-refractivity contribution < 1.29 is 33.4 Å². The number of rotatable bonds is 4. The molecule has 0 radical (unpaired) electrons. The summed E-state index contributed by atoms with van der Waals surface area (Å²) in [6.45, 7) is 5.18. The number of hydrogen-bond donors (Lipinski definition) is 1. The fourth-order valence-electron chi connectivity index (χ4n) is 7.09. The maximum absolute atomic E-state index is 17.1. The molecule has 176 valence electrons. The predicted octanol–water partition coefficient (Wildman–Crippen LogP) is 3.64. The van der Waals surface area contributed by atoms with Crippen molar-refractivity contribution in [2.75, 3.05) is 6.07 Å². The van der Waals surface area contributed by atoms with Crippen LogP contribution in [0.4, 0.5) is 4.39 Å². The van der Waals surface area contributed by atoms with Gasteiger partial charge in [-0.05, 0) is 50.7 Å². The molecule has 6 nitrogen and oxygen atoms in total. The van der Waals surface area contributed by atoms with E-state index in [1.54, 1.807) is 26.8 Å². The van der Waals surface area contributed by atoms with Gasteiger partial charge in [-0.1, -0.05) is 37.1 Å². The predicted molar refractivity (Wildman–Crippen MR) is 114 cm³/mol. The molecule has 8 heteroatoms. The second kappa shape index (κ2) is 7.94. The third-order valence-corrected chi connectivity index (χ3v) is 8.71. The van der Waals surface area contributed by atoms with Crippen LogP contribution >= 0.6 is 11.6 Å². The number of carbonyl (C=O) groups excluding carboxylic acids is 3. The summed E-state index contributed by atoms with van der Waals surface area (Å²) in [6.07, 6.45) is 4.48. The Morgan fingerprint density at radius 1 is 1.31 bits per heavy atom. The zero-order chi connectivity index (χ0) is 23.5. The number of ketones is 1. The van der Waals surface area contributed by atoms with Crippen molar-refractivity contribution in [2.45, 2.75) is 70.2 Å². The van der Waals surface area contributed by atoms with Crippen LogP contribution in [0.2, 0.25) is 0 Å². The van der Waals surface area contributed by atoms with Crippen LogP contribution in [0.25, 0.3) is 0 Å². The number of aliphatic hydroxyl groups excluding tert-OH is 1. The first-order valence-corrected chi connectivity index (χ1v) is 11.9. The molecule has 8 atom stereocenters. The van der Waals surface area contributed by atoms with E-state index in [0.29, 0.717) is 24.8 Å². The molecule has 0 amide bonds. The number of fused-ring (bicyclic) bond motifs is 5. The quantitative estimate of drug-likeness (QED) is 0.500. The van der Waals surface area contributed by atoms with E-state index in [2.05, 4.69) is 0 Å². The minimum atomic E-state index is -2.00. The molecule has 0 aromatic rings. The van der Waals surface area contributed by atoms with Crippen LogP contribution in [0.5, 0.6) is 0 Å². The molecule has 0 spiro atoms. The molecule has 0 aromatic heterocycles. The highest BCUT2D eigenvalue weighted by atomic mass is 35.5. The van der Waals surface area contributed by atoms with Crippen LogP contribution in [-0.4, -0.2) is 46.3 Å². The molecule has 32 heavy (non-hydrogen) atoms. The normalized spacial score (nSPS) is 44.8. The minimum Gasteiger partial charge on any atom is -0.446 e. The number of halogens is 2. The zero-order valence-electron chi connectivity index (χ0n) is 18.6. The number of aliphatic hydroxyl groups is 1. The first-order valence-electron chi connectivity index (χ1n) is 11.3. The lowest BCUT2D eigenvalue weighted by molar-refractivity contribution is -0.212. The summed E-state index contributed by atoms with van der Waals surface area (Å²) in [6, 6.07) is -0.390. The van der Waals surface area contributed by atoms with Gasteiger partial charge in [-0.2, -0.15) is 0 Å². The molecule has 3 saturated carbocycles. The van der Waals surface area contributed by atoms with Gasteiger partial charge in [-0.3, -0.25) is 9.59 Å². The number of allylic oxidation sites excluding steroid dienone is 4. The summed E-state index contributed by atoms with van der Waals surface area (Å²) in [5.41, 5.74) is -4.03. The molecule has 0 aromatic carbocycles. The Bertz CT molecular complexity index is 901. The largest absolute Gasteiger partial charge is 0.446 e. The smallest absolute Gasteiger partial charge is 0.352 e. The van der Waals surface area contributed by atoms with Gasteiger partial charge in [-0.15, -0.1) is 0 Å². The van der Waals surface area contributed by atoms with E-state index in [1.165, 1.54) is 12.2 Å². The van der Waals surface area contributed by atoms with Gasteiger partial charge in [-0.25, -0.2) is 9.18 Å². The van der Waals surface area contributed by atoms with Crippen LogP contribution in [0.15, 0.2) is 23.8 Å². The number of esters is 2. The van der Waals surface area contributed by atoms with Gasteiger partial charge >= 0.3 is 11.9 Å². The first-order chi connectivity index (χ1) is 15.1. The van der Waals surface area contributed by atoms with Gasteiger partial charge < -0.3 is 14.6 Å². The molecular weight excluding hydrogens is 439 g/mol. The Labute approximate surface area is 192 Å². The van der Waals surface area contributed by atoms with E-state index in [1.807, 2.05) is 0 Å². The Morgan fingerprint density at radius 2 is 2.03 bits per heavy atom. The molecule has 4 rings (SSSR count). The van der Waals surface area contributed by atoms with Crippen LogP contribution in [0.3, 0.4) is 0 Å². The SMILES string of the molecule is CCC(=O)O[C@@]1(C(=O)OCCl)C2C[C@H](O)C3(F)C(CCC4=CC(=O)C=CC43C)C2C[C@@H]1C. The third kappa shape index (κ3) is 2.96. The summed E-state index contributed by atoms with van der Waals surface area (Å²) in [4.78, 5) is 37.4. The Balaban J connectivity index is 1.78. The van der Waals surface area contributed by atoms with Crippen LogP contribution in [-0.2, 0) is 23.9 Å². The van der Waals surface area contributed by atoms with E-state index in [-0.39, 0.29) is 24.5 Å². The highest BCUT2D eigenvalue weighted by Gasteiger charge is 2.73. The van der Waals surface area contributed by atoms with Crippen molar-refractivity contribution in [2.24, 2.45) is 29.1 Å². The van der Waals surface area contributed by atoms with Crippen molar-refractivity contribution in [3.8, 4) is 0 Å². The molecule has 0 aliphatic heterocycles. The van der Waals surface area contributed by atoms with E-state index in [4.69, 9.17) is 21.1 Å². The summed E-state index contributed by atoms with van der Waals surface area (Å²) in [5.74, 6) is -3.34. The standard InChI is InChI=1S/C24H30ClFO6/c1-4-20(29)32-23(21(30)31-12-25)13(2)9-16-17-6-5-14-10-15(27)7-8-22(14,3)24(17,26)19(28)11-18(16)23/h7-8,10,13,16-19,28H,4-6,9,11-12H2,1-3H3/t13-,16?,17?,18?,19-,22?,23+,24?/m0/s1. The molecule has 1 N–H and O–H groups in total. The van der Waals surface area contributed by atoms with Gasteiger partial charge in [0.2, 0.25) is 5.60 Å². The summed E-state index contributed by atoms with van der Waals surface area (Å²) in [7, 11) is 0. The number of carbonyl (C=O) groups is 3. The second-order valence-electron chi connectivity index (χ2n) is 9.84. The van der Waals surface area contributed by atoms with Crippen LogP contribution in [0, 0.1) is 29.1 Å². The van der Waals surface area contributed by atoms with Crippen molar-refractivity contribution >= 4 is 29.3 Å². The van der Waals surface area contributed by atoms with Gasteiger partial charge in [0.1, 0.15) is 0 Å². The minimum absolute atomic E-state index is 0.0545. The topological polar surface area (TPSA) is 89.9 Å². The third-order valence-electron chi connectivity index (χ3n) is 8.61. The molecule has 4 aliphatic rings. The van der Waals surface area contributed by atoms with E-state index >= 15 is 4.39 Å². The van der Waals surface area contributed by atoms with Crippen molar-refractivity contribution in [3.63, 3.8) is 0 Å². The molecule has 0 heterocycles. The van der Waals surface area contributed by atoms with E-state index in [9.17, 15) is 19.5 Å². The van der Waals surface area contributed by atoms with E-state index in [0.717, 1.165) is 0 Å². The Hall–Kier alpha value is -1.73. The fourth-order valence-corrected chi connectivity index (χ4v) is 7.19. The highest BCUT2D eigenvalue weighted by molar-refractivity contribution is 6.17. The average molecular weight is 469 g/mol. The Morgan fingerprint density at radius 3 is 2.69 bits per heavy atom. The zero-order valence-corrected chi connectivity index (χ0v) is 19.4. The van der Waals surface area contributed by atoms with Crippen molar-refractivity contribution in [1.29, 1.82) is 0 Å². The molecule has 5 unspecified atom stereocenters. The van der Waals surface area contributed by atoms with Gasteiger partial charge in [0, 0.05) is 29.6 Å². The van der Waals surface area contributed by atoms with Gasteiger partial charge in [0.25, 0.3) is 0 Å². The van der Waals surface area contributed by atoms with Gasteiger partial charge in [0.05, 0.1) is 6.10 Å². The van der Waals surface area contributed by atoms with E-state index < -0.39 is 58.5 Å². The lowest BCUT2D eigenvalue weighted by atomic mass is 9.48. The Kier molecular flexibility index (Phi) is 5.82. The summed E-state index contributed by atoms with van der Waals surface area (Å²) < 4.78 is 28.0. The number of ether oxygens (including phenoxy) is 2. The number of alkyl halides is 2. The summed E-state index contributed by atoms with van der Waals surface area (Å²) in [5, 5.41) is 11.3. The lowest BCUT2D eigenvalue weighted by Crippen LogP contribution is -2.66. The molecular formula is C24H30ClFO6. The summed E-state index contributed by atoms with van der Waals surface area (Å²) >= 11 is 5.66.